The van der Waals surface area contributed by atoms with Gasteiger partial charge in [0.1, 0.15) is 0 Å². The molecule has 0 fully saturated rings. The number of thiazole rings is 1. The van der Waals surface area contributed by atoms with E-state index >= 15 is 0 Å². The summed E-state index contributed by atoms with van der Waals surface area (Å²) in [5.41, 5.74) is 5.09. The summed E-state index contributed by atoms with van der Waals surface area (Å²) in [4.78, 5) is 25.8. The second-order valence-electron chi connectivity index (χ2n) is 6.46. The van der Waals surface area contributed by atoms with E-state index in [-0.39, 0.29) is 5.91 Å². The molecule has 4 rings (SSSR count). The molecule has 1 aromatic heterocycles. The van der Waals surface area contributed by atoms with Gasteiger partial charge in [0.25, 0.3) is 5.91 Å². The first kappa shape index (κ1) is 20.6. The molecule has 0 aliphatic heterocycles. The Morgan fingerprint density at radius 1 is 0.871 bits per heavy atom. The Labute approximate surface area is 187 Å². The van der Waals surface area contributed by atoms with Gasteiger partial charge in [-0.3, -0.25) is 4.79 Å². The van der Waals surface area contributed by atoms with Crippen LogP contribution in [0.4, 0.5) is 10.5 Å². The van der Waals surface area contributed by atoms with Gasteiger partial charge < -0.3 is 5.32 Å². The maximum atomic E-state index is 13.1. The van der Waals surface area contributed by atoms with Gasteiger partial charge in [0.2, 0.25) is 4.80 Å². The summed E-state index contributed by atoms with van der Waals surface area (Å²) in [6, 6.07) is 24.6. The van der Waals surface area contributed by atoms with Crippen LogP contribution < -0.4 is 15.5 Å². The van der Waals surface area contributed by atoms with E-state index in [9.17, 15) is 9.59 Å². The zero-order valence-corrected chi connectivity index (χ0v) is 17.7. The lowest BCUT2D eigenvalue weighted by atomic mass is 10.2. The van der Waals surface area contributed by atoms with Gasteiger partial charge in [0, 0.05) is 21.7 Å². The predicted octanol–water partition coefficient (Wildman–Crippen LogP) is 5.20. The third-order valence-corrected chi connectivity index (χ3v) is 5.44. The van der Waals surface area contributed by atoms with Gasteiger partial charge in [-0.05, 0) is 42.0 Å². The molecule has 0 spiro atoms. The molecule has 3 aromatic carbocycles. The van der Waals surface area contributed by atoms with Crippen molar-refractivity contribution in [3.63, 3.8) is 0 Å². The quantitative estimate of drug-likeness (QED) is 0.421. The number of nitrogens with one attached hydrogen (secondary N) is 2. The summed E-state index contributed by atoms with van der Waals surface area (Å²) in [5.74, 6) is -0.361. The highest BCUT2D eigenvalue weighted by Crippen LogP contribution is 2.20. The van der Waals surface area contributed by atoms with Gasteiger partial charge in [0.15, 0.2) is 0 Å². The fourth-order valence-electron chi connectivity index (χ4n) is 2.86. The largest absolute Gasteiger partial charge is 0.332 e. The Morgan fingerprint density at radius 2 is 1.52 bits per heavy atom. The summed E-state index contributed by atoms with van der Waals surface area (Å²) in [5, 5.41) is 9.44. The molecular weight excluding hydrogens is 432 g/mol. The summed E-state index contributed by atoms with van der Waals surface area (Å²) >= 11 is 7.18. The van der Waals surface area contributed by atoms with E-state index in [2.05, 4.69) is 15.8 Å². The number of hydrogen-bond donors (Lipinski definition) is 2. The topological polar surface area (TPSA) is 75.5 Å². The summed E-state index contributed by atoms with van der Waals surface area (Å²) in [6.07, 6.45) is 0. The van der Waals surface area contributed by atoms with Crippen molar-refractivity contribution >= 4 is 40.6 Å². The maximum Gasteiger partial charge on any atom is 0.332 e. The number of halogens is 1. The van der Waals surface area contributed by atoms with Crippen LogP contribution in [0.1, 0.15) is 10.4 Å². The zero-order valence-electron chi connectivity index (χ0n) is 16.2. The molecule has 0 aliphatic carbocycles. The van der Waals surface area contributed by atoms with Crippen molar-refractivity contribution in [3.8, 4) is 11.3 Å². The predicted molar refractivity (Wildman–Crippen MR) is 123 cm³/mol. The van der Waals surface area contributed by atoms with Crippen molar-refractivity contribution in [2.45, 2.75) is 0 Å². The van der Waals surface area contributed by atoms with Gasteiger partial charge >= 0.3 is 6.03 Å². The van der Waals surface area contributed by atoms with E-state index in [0.717, 1.165) is 5.56 Å². The fraction of sp³-hybridized carbons (Fsp3) is 0. The van der Waals surface area contributed by atoms with Crippen LogP contribution in [-0.4, -0.2) is 16.5 Å². The fourth-order valence-corrected chi connectivity index (χ4v) is 3.83. The number of amides is 2. The molecule has 6 nitrogen and oxygen atoms in total. The highest BCUT2D eigenvalue weighted by Gasteiger charge is 2.15. The molecule has 0 aliphatic rings. The first-order valence-electron chi connectivity index (χ1n) is 9.34. The molecule has 2 amide bonds. The van der Waals surface area contributed by atoms with Gasteiger partial charge in [-0.2, -0.15) is 0 Å². The minimum Gasteiger partial charge on any atom is -0.307 e. The Hall–Kier alpha value is -3.68. The van der Waals surface area contributed by atoms with Gasteiger partial charge in [0.05, 0.1) is 5.69 Å². The molecule has 4 aromatic rings. The lowest BCUT2D eigenvalue weighted by Gasteiger charge is -2.10. The van der Waals surface area contributed by atoms with Crippen LogP contribution in [-0.2, 0) is 0 Å². The molecule has 0 unspecified atom stereocenters. The second-order valence-corrected chi connectivity index (χ2v) is 7.73. The number of rotatable bonds is 4. The SMILES string of the molecule is O=C(N/N=c1/scc(-c2ccccc2)n1C(=O)Nc1ccc(Cl)cc1)c1ccccc1. The number of hydrogen-bond acceptors (Lipinski definition) is 4. The molecule has 0 saturated heterocycles. The molecule has 0 atom stereocenters. The number of carbonyl (C=O) groups excluding carboxylic acids is 2. The number of aromatic nitrogens is 1. The van der Waals surface area contributed by atoms with E-state index < -0.39 is 6.03 Å². The van der Waals surface area contributed by atoms with Gasteiger partial charge in [-0.25, -0.2) is 14.8 Å². The lowest BCUT2D eigenvalue weighted by molar-refractivity contribution is 0.0953. The number of nitrogens with zero attached hydrogens (tertiary/aromatic N) is 2. The normalized spacial score (nSPS) is 11.2. The third kappa shape index (κ3) is 4.91. The Morgan fingerprint density at radius 3 is 2.19 bits per heavy atom. The van der Waals surface area contributed by atoms with E-state index in [1.165, 1.54) is 15.9 Å². The third-order valence-electron chi connectivity index (χ3n) is 4.37. The summed E-state index contributed by atoms with van der Waals surface area (Å²) < 4.78 is 1.43. The van der Waals surface area contributed by atoms with E-state index in [4.69, 9.17) is 11.6 Å². The minimum atomic E-state index is -0.407. The van der Waals surface area contributed by atoms with Crippen LogP contribution in [0.25, 0.3) is 11.3 Å². The average molecular weight is 449 g/mol. The zero-order chi connectivity index (χ0) is 21.6. The Kier molecular flexibility index (Phi) is 6.26. The van der Waals surface area contributed by atoms with Crippen LogP contribution >= 0.6 is 22.9 Å². The highest BCUT2D eigenvalue weighted by atomic mass is 35.5. The van der Waals surface area contributed by atoms with Crippen LogP contribution in [0.3, 0.4) is 0 Å². The molecule has 0 radical (unpaired) electrons. The summed E-state index contributed by atoms with van der Waals surface area (Å²) in [7, 11) is 0. The first-order valence-corrected chi connectivity index (χ1v) is 10.6. The number of anilines is 1. The lowest BCUT2D eigenvalue weighted by Crippen LogP contribution is -2.31. The molecule has 0 bridgehead atoms. The average Bonchev–Trinajstić information content (AvgIpc) is 3.24. The summed E-state index contributed by atoms with van der Waals surface area (Å²) in [6.45, 7) is 0. The van der Waals surface area contributed by atoms with Crippen LogP contribution in [0.5, 0.6) is 0 Å². The van der Waals surface area contributed by atoms with Crippen molar-refractivity contribution in [3.05, 3.63) is 106 Å². The van der Waals surface area contributed by atoms with Crippen LogP contribution in [0, 0.1) is 0 Å². The monoisotopic (exact) mass is 448 g/mol. The van der Waals surface area contributed by atoms with Gasteiger partial charge in [-0.1, -0.05) is 60.1 Å². The number of benzene rings is 3. The molecule has 8 heteroatoms. The van der Waals surface area contributed by atoms with Crippen molar-refractivity contribution in [1.82, 2.24) is 9.99 Å². The minimum absolute atomic E-state index is 0.328. The van der Waals surface area contributed by atoms with E-state index in [1.807, 2.05) is 41.8 Å². The molecular formula is C23H17ClN4O2S. The molecule has 0 saturated carbocycles. The van der Waals surface area contributed by atoms with Crippen LogP contribution in [0.2, 0.25) is 5.02 Å². The Balaban J connectivity index is 1.70. The van der Waals surface area contributed by atoms with E-state index in [0.29, 0.717) is 26.8 Å². The highest BCUT2D eigenvalue weighted by molar-refractivity contribution is 7.07. The number of carbonyl (C=O) groups is 2. The molecule has 154 valence electrons. The van der Waals surface area contributed by atoms with E-state index in [1.54, 1.807) is 48.5 Å². The van der Waals surface area contributed by atoms with Crippen molar-refractivity contribution in [1.29, 1.82) is 0 Å². The molecule has 2 N–H and O–H groups in total. The smallest absolute Gasteiger partial charge is 0.307 e. The molecule has 1 heterocycles. The maximum absolute atomic E-state index is 13.1. The second kappa shape index (κ2) is 9.42. The molecule has 31 heavy (non-hydrogen) atoms. The van der Waals surface area contributed by atoms with Crippen LogP contribution in [0.15, 0.2) is 95.4 Å². The first-order chi connectivity index (χ1) is 15.1. The van der Waals surface area contributed by atoms with Gasteiger partial charge in [-0.15, -0.1) is 16.4 Å². The standard InChI is InChI=1S/C23H17ClN4O2S/c24-18-11-13-19(14-12-18)25-22(30)28-20(16-7-3-1-4-8-16)15-31-23(28)27-26-21(29)17-9-5-2-6-10-17/h1-15H,(H,25,30)(H,26,29)/b27-23+. The van der Waals surface area contributed by atoms with Crippen molar-refractivity contribution in [2.75, 3.05) is 5.32 Å². The Bertz CT molecular complexity index is 1270. The van der Waals surface area contributed by atoms with Crippen molar-refractivity contribution in [2.24, 2.45) is 5.10 Å². The van der Waals surface area contributed by atoms with Crippen molar-refractivity contribution < 1.29 is 9.59 Å².